The molecule has 1 aliphatic heterocycles. The Kier molecular flexibility index (Phi) is 2.53. The smallest absolute Gasteiger partial charge is 0.201 e. The van der Waals surface area contributed by atoms with Gasteiger partial charge in [-0.3, -0.25) is 4.79 Å². The predicted molar refractivity (Wildman–Crippen MR) is 69.6 cm³/mol. The molecule has 0 aromatic heterocycles. The number of epoxide rings is 1. The molecule has 2 nitrogen and oxygen atoms in total. The van der Waals surface area contributed by atoms with Crippen LogP contribution >= 0.6 is 0 Å². The van der Waals surface area contributed by atoms with Gasteiger partial charge in [0.25, 0.3) is 0 Å². The Morgan fingerprint density at radius 1 is 1.06 bits per heavy atom. The van der Waals surface area contributed by atoms with E-state index in [1.807, 2.05) is 61.5 Å². The van der Waals surface area contributed by atoms with Crippen molar-refractivity contribution in [3.8, 4) is 0 Å². The molecular weight excluding hydrogens is 224 g/mol. The third-order valence-corrected chi connectivity index (χ3v) is 3.42. The number of carbonyl (C=O) groups is 1. The Hall–Kier alpha value is -1.93. The van der Waals surface area contributed by atoms with Crippen molar-refractivity contribution in [2.75, 3.05) is 6.61 Å². The second kappa shape index (κ2) is 4.07. The van der Waals surface area contributed by atoms with Crippen LogP contribution in [0, 0.1) is 6.92 Å². The number of ether oxygens (including phenoxy) is 1. The highest BCUT2D eigenvalue weighted by molar-refractivity contribution is 6.04. The van der Waals surface area contributed by atoms with Gasteiger partial charge >= 0.3 is 0 Å². The van der Waals surface area contributed by atoms with Gasteiger partial charge in [-0.1, -0.05) is 54.6 Å². The van der Waals surface area contributed by atoms with E-state index in [-0.39, 0.29) is 5.78 Å². The highest BCUT2D eigenvalue weighted by Gasteiger charge is 2.54. The second-order valence-corrected chi connectivity index (χ2v) is 4.63. The first-order valence-corrected chi connectivity index (χ1v) is 6.04. The van der Waals surface area contributed by atoms with E-state index in [0.29, 0.717) is 12.2 Å². The maximum Gasteiger partial charge on any atom is 0.201 e. The fraction of sp³-hybridized carbons (Fsp3) is 0.188. The van der Waals surface area contributed by atoms with Crippen LogP contribution in [-0.4, -0.2) is 12.4 Å². The lowest BCUT2D eigenvalue weighted by Crippen LogP contribution is -2.23. The van der Waals surface area contributed by atoms with Crippen molar-refractivity contribution in [3.05, 3.63) is 71.3 Å². The van der Waals surface area contributed by atoms with Gasteiger partial charge in [0.05, 0.1) is 6.61 Å². The highest BCUT2D eigenvalue weighted by atomic mass is 16.6. The number of hydrogen-bond donors (Lipinski definition) is 0. The van der Waals surface area contributed by atoms with Crippen LogP contribution in [0.3, 0.4) is 0 Å². The molecule has 0 N–H and O–H groups in total. The van der Waals surface area contributed by atoms with Crippen LogP contribution in [0.4, 0.5) is 0 Å². The molecule has 2 aromatic carbocycles. The molecule has 1 fully saturated rings. The standard InChI is InChI=1S/C16H14O2/c1-12-7-5-6-10-14(12)16(11-18-16)15(17)13-8-3-2-4-9-13/h2-10H,11H2,1H3. The number of hydrogen-bond acceptors (Lipinski definition) is 2. The van der Waals surface area contributed by atoms with E-state index in [0.717, 1.165) is 11.1 Å². The number of benzene rings is 2. The number of aryl methyl sites for hydroxylation is 1. The van der Waals surface area contributed by atoms with E-state index in [1.165, 1.54) is 0 Å². The number of carbonyl (C=O) groups excluding carboxylic acids is 1. The first kappa shape index (κ1) is 11.2. The molecule has 18 heavy (non-hydrogen) atoms. The fourth-order valence-corrected chi connectivity index (χ4v) is 2.33. The maximum absolute atomic E-state index is 12.6. The molecule has 0 radical (unpaired) electrons. The predicted octanol–water partition coefficient (Wildman–Crippen LogP) is 3.10. The van der Waals surface area contributed by atoms with Crippen LogP contribution in [-0.2, 0) is 10.3 Å². The lowest BCUT2D eigenvalue weighted by molar-refractivity contribution is 0.0870. The maximum atomic E-state index is 12.6. The van der Waals surface area contributed by atoms with Crippen molar-refractivity contribution in [3.63, 3.8) is 0 Å². The Balaban J connectivity index is 2.02. The lowest BCUT2D eigenvalue weighted by atomic mass is 9.88. The SMILES string of the molecule is Cc1ccccc1C1(C(=O)c2ccccc2)CO1. The Bertz CT molecular complexity index is 583. The summed E-state index contributed by atoms with van der Waals surface area (Å²) < 4.78 is 5.53. The van der Waals surface area contributed by atoms with Crippen molar-refractivity contribution < 1.29 is 9.53 Å². The van der Waals surface area contributed by atoms with E-state index < -0.39 is 5.60 Å². The molecule has 0 aliphatic carbocycles. The molecule has 1 atom stereocenters. The van der Waals surface area contributed by atoms with Crippen molar-refractivity contribution in [1.82, 2.24) is 0 Å². The molecule has 0 saturated carbocycles. The van der Waals surface area contributed by atoms with Crippen molar-refractivity contribution in [2.24, 2.45) is 0 Å². The van der Waals surface area contributed by atoms with Gasteiger partial charge in [-0.25, -0.2) is 0 Å². The second-order valence-electron chi connectivity index (χ2n) is 4.63. The Morgan fingerprint density at radius 3 is 2.28 bits per heavy atom. The van der Waals surface area contributed by atoms with Gasteiger partial charge in [0.1, 0.15) is 0 Å². The summed E-state index contributed by atoms with van der Waals surface area (Å²) in [6, 6.07) is 17.2. The minimum atomic E-state index is -0.743. The molecule has 1 heterocycles. The zero-order chi connectivity index (χ0) is 12.6. The normalized spacial score (nSPS) is 21.6. The molecule has 90 valence electrons. The van der Waals surface area contributed by atoms with Crippen LogP contribution in [0.25, 0.3) is 0 Å². The van der Waals surface area contributed by atoms with E-state index in [1.54, 1.807) is 0 Å². The molecule has 1 saturated heterocycles. The van der Waals surface area contributed by atoms with E-state index in [2.05, 4.69) is 0 Å². The molecule has 1 unspecified atom stereocenters. The summed E-state index contributed by atoms with van der Waals surface area (Å²) in [4.78, 5) is 12.6. The summed E-state index contributed by atoms with van der Waals surface area (Å²) in [5.41, 5.74) is 2.04. The minimum Gasteiger partial charge on any atom is -0.356 e. The van der Waals surface area contributed by atoms with Gasteiger partial charge in [0.2, 0.25) is 5.78 Å². The monoisotopic (exact) mass is 238 g/mol. The molecule has 0 spiro atoms. The summed E-state index contributed by atoms with van der Waals surface area (Å²) in [5.74, 6) is 0.0531. The molecule has 2 heteroatoms. The lowest BCUT2D eigenvalue weighted by Gasteiger charge is -2.13. The Labute approximate surface area is 106 Å². The van der Waals surface area contributed by atoms with Crippen molar-refractivity contribution in [1.29, 1.82) is 0 Å². The van der Waals surface area contributed by atoms with Crippen LogP contribution in [0.5, 0.6) is 0 Å². The average molecular weight is 238 g/mol. The van der Waals surface area contributed by atoms with Crippen molar-refractivity contribution >= 4 is 5.78 Å². The average Bonchev–Trinajstić information content (AvgIpc) is 3.21. The number of ketones is 1. The van der Waals surface area contributed by atoms with Crippen LogP contribution in [0.2, 0.25) is 0 Å². The first-order valence-electron chi connectivity index (χ1n) is 6.04. The van der Waals surface area contributed by atoms with Gasteiger partial charge in [-0.05, 0) is 18.1 Å². The van der Waals surface area contributed by atoms with Gasteiger partial charge < -0.3 is 4.74 Å². The number of rotatable bonds is 3. The molecule has 0 bridgehead atoms. The summed E-state index contributed by atoms with van der Waals surface area (Å²) in [6.45, 7) is 2.49. The minimum absolute atomic E-state index is 0.0531. The summed E-state index contributed by atoms with van der Waals surface area (Å²) >= 11 is 0. The molecule has 1 aliphatic rings. The quantitative estimate of drug-likeness (QED) is 0.607. The Morgan fingerprint density at radius 2 is 1.67 bits per heavy atom. The summed E-state index contributed by atoms with van der Waals surface area (Å²) in [6.07, 6.45) is 0. The molecular formula is C16H14O2. The van der Waals surface area contributed by atoms with Crippen molar-refractivity contribution in [2.45, 2.75) is 12.5 Å². The molecule has 0 amide bonds. The summed E-state index contributed by atoms with van der Waals surface area (Å²) in [5, 5.41) is 0. The summed E-state index contributed by atoms with van der Waals surface area (Å²) in [7, 11) is 0. The largest absolute Gasteiger partial charge is 0.356 e. The highest BCUT2D eigenvalue weighted by Crippen LogP contribution is 2.43. The molecule has 2 aromatic rings. The van der Waals surface area contributed by atoms with Crippen LogP contribution in [0.1, 0.15) is 21.5 Å². The van der Waals surface area contributed by atoms with E-state index in [4.69, 9.17) is 4.74 Å². The van der Waals surface area contributed by atoms with E-state index >= 15 is 0 Å². The topological polar surface area (TPSA) is 29.6 Å². The van der Waals surface area contributed by atoms with E-state index in [9.17, 15) is 4.79 Å². The zero-order valence-electron chi connectivity index (χ0n) is 10.2. The van der Waals surface area contributed by atoms with Crippen LogP contribution < -0.4 is 0 Å². The third-order valence-electron chi connectivity index (χ3n) is 3.42. The number of Topliss-reactive ketones (excluding diaryl/α,β-unsaturated/α-hetero) is 1. The van der Waals surface area contributed by atoms with Gasteiger partial charge in [0.15, 0.2) is 5.60 Å². The molecule has 3 rings (SSSR count). The van der Waals surface area contributed by atoms with Gasteiger partial charge in [0, 0.05) is 5.56 Å². The fourth-order valence-electron chi connectivity index (χ4n) is 2.33. The zero-order valence-corrected chi connectivity index (χ0v) is 10.2. The van der Waals surface area contributed by atoms with Gasteiger partial charge in [-0.15, -0.1) is 0 Å². The third kappa shape index (κ3) is 1.66. The van der Waals surface area contributed by atoms with Gasteiger partial charge in [-0.2, -0.15) is 0 Å². The first-order chi connectivity index (χ1) is 8.74. The van der Waals surface area contributed by atoms with Crippen LogP contribution in [0.15, 0.2) is 54.6 Å².